The summed E-state index contributed by atoms with van der Waals surface area (Å²) in [4.78, 5) is 50.3. The molecule has 1 fully saturated rings. The molecule has 0 aromatic heterocycles. The average Bonchev–Trinajstić information content (AvgIpc) is 3.12. The highest BCUT2D eigenvalue weighted by atomic mass is 19.4. The molecule has 178 valence electrons. The van der Waals surface area contributed by atoms with Gasteiger partial charge in [0.15, 0.2) is 6.04 Å². The quantitative estimate of drug-likeness (QED) is 0.647. The third kappa shape index (κ3) is 4.45. The molecule has 2 atom stereocenters. The SMILES string of the molecule is COc1cccc(C(NC(=O)c2ccc3c(c2)CN(C2CCC(=O)NC2=O)C3=O)C(F)(F)F)c1. The van der Waals surface area contributed by atoms with E-state index in [0.29, 0.717) is 5.56 Å². The molecular weight excluding hydrogens is 455 g/mol. The number of imide groups is 1. The molecule has 4 rings (SSSR count). The van der Waals surface area contributed by atoms with Crippen molar-refractivity contribution in [3.05, 3.63) is 64.7 Å². The number of hydrogen-bond donors (Lipinski definition) is 2. The highest BCUT2D eigenvalue weighted by Gasteiger charge is 2.43. The van der Waals surface area contributed by atoms with Crippen molar-refractivity contribution in [3.63, 3.8) is 0 Å². The van der Waals surface area contributed by atoms with E-state index < -0.39 is 41.9 Å². The third-order valence-electron chi connectivity index (χ3n) is 5.82. The van der Waals surface area contributed by atoms with Gasteiger partial charge in [0.2, 0.25) is 11.8 Å². The molecule has 0 spiro atoms. The Morgan fingerprint density at radius 1 is 1.18 bits per heavy atom. The normalized spacial score (nSPS) is 18.9. The van der Waals surface area contributed by atoms with Gasteiger partial charge in [0.1, 0.15) is 11.8 Å². The van der Waals surface area contributed by atoms with Crippen molar-refractivity contribution < 1.29 is 37.1 Å². The summed E-state index contributed by atoms with van der Waals surface area (Å²) in [6, 6.07) is 6.16. The maximum atomic E-state index is 13.7. The minimum absolute atomic E-state index is 0.000146. The first kappa shape index (κ1) is 23.3. The molecule has 2 aliphatic heterocycles. The van der Waals surface area contributed by atoms with E-state index in [4.69, 9.17) is 4.74 Å². The summed E-state index contributed by atoms with van der Waals surface area (Å²) in [5.41, 5.74) is 0.406. The number of alkyl halides is 3. The van der Waals surface area contributed by atoms with Crippen LogP contribution >= 0.6 is 0 Å². The molecule has 0 bridgehead atoms. The van der Waals surface area contributed by atoms with E-state index in [-0.39, 0.29) is 41.8 Å². The predicted octanol–water partition coefficient (Wildman–Crippen LogP) is 2.49. The number of hydrogen-bond acceptors (Lipinski definition) is 5. The number of carbonyl (C=O) groups is 4. The van der Waals surface area contributed by atoms with Crippen LogP contribution in [0.15, 0.2) is 42.5 Å². The van der Waals surface area contributed by atoms with Gasteiger partial charge in [-0.15, -0.1) is 0 Å². The van der Waals surface area contributed by atoms with Crippen LogP contribution in [0.5, 0.6) is 5.75 Å². The van der Waals surface area contributed by atoms with Crippen LogP contribution in [0.3, 0.4) is 0 Å². The summed E-state index contributed by atoms with van der Waals surface area (Å²) in [5, 5.41) is 4.20. The molecule has 2 aliphatic rings. The molecule has 0 saturated carbocycles. The Morgan fingerprint density at radius 2 is 1.94 bits per heavy atom. The Hall–Kier alpha value is -3.89. The van der Waals surface area contributed by atoms with Crippen molar-refractivity contribution in [2.75, 3.05) is 7.11 Å². The first-order chi connectivity index (χ1) is 16.1. The summed E-state index contributed by atoms with van der Waals surface area (Å²) < 4.78 is 46.2. The van der Waals surface area contributed by atoms with E-state index >= 15 is 0 Å². The summed E-state index contributed by atoms with van der Waals surface area (Å²) >= 11 is 0. The first-order valence-electron chi connectivity index (χ1n) is 10.4. The number of nitrogens with zero attached hydrogens (tertiary/aromatic N) is 1. The van der Waals surface area contributed by atoms with Crippen molar-refractivity contribution in [1.82, 2.24) is 15.5 Å². The van der Waals surface area contributed by atoms with Gasteiger partial charge in [0, 0.05) is 24.1 Å². The number of methoxy groups -OCH3 is 1. The molecule has 34 heavy (non-hydrogen) atoms. The van der Waals surface area contributed by atoms with Crippen molar-refractivity contribution >= 4 is 23.6 Å². The average molecular weight is 475 g/mol. The molecular formula is C23H20F3N3O5. The summed E-state index contributed by atoms with van der Waals surface area (Å²) in [5.74, 6) is -2.20. The fourth-order valence-corrected chi connectivity index (χ4v) is 4.11. The van der Waals surface area contributed by atoms with E-state index in [9.17, 15) is 32.3 Å². The van der Waals surface area contributed by atoms with Crippen molar-refractivity contribution in [3.8, 4) is 5.75 Å². The minimum Gasteiger partial charge on any atom is -0.497 e. The molecule has 2 heterocycles. The summed E-state index contributed by atoms with van der Waals surface area (Å²) in [7, 11) is 1.32. The van der Waals surface area contributed by atoms with E-state index in [1.165, 1.54) is 54.5 Å². The zero-order valence-corrected chi connectivity index (χ0v) is 17.9. The second-order valence-corrected chi connectivity index (χ2v) is 8.00. The van der Waals surface area contributed by atoms with E-state index in [1.807, 2.05) is 5.32 Å². The van der Waals surface area contributed by atoms with Gasteiger partial charge in [0.25, 0.3) is 11.8 Å². The molecule has 4 amide bonds. The Morgan fingerprint density at radius 3 is 2.62 bits per heavy atom. The number of piperidine rings is 1. The molecule has 2 aromatic carbocycles. The largest absolute Gasteiger partial charge is 0.497 e. The molecule has 2 N–H and O–H groups in total. The zero-order valence-electron chi connectivity index (χ0n) is 17.9. The van der Waals surface area contributed by atoms with Crippen LogP contribution in [0, 0.1) is 0 Å². The lowest BCUT2D eigenvalue weighted by Crippen LogP contribution is -2.52. The van der Waals surface area contributed by atoms with Gasteiger partial charge in [-0.2, -0.15) is 13.2 Å². The maximum Gasteiger partial charge on any atom is 0.412 e. The number of benzene rings is 2. The number of ether oxygens (including phenoxy) is 1. The van der Waals surface area contributed by atoms with Crippen LogP contribution in [-0.2, 0) is 16.1 Å². The zero-order chi connectivity index (χ0) is 24.6. The molecule has 8 nitrogen and oxygen atoms in total. The van der Waals surface area contributed by atoms with Crippen molar-refractivity contribution in [1.29, 1.82) is 0 Å². The van der Waals surface area contributed by atoms with Gasteiger partial charge in [-0.25, -0.2) is 0 Å². The fourth-order valence-electron chi connectivity index (χ4n) is 4.11. The van der Waals surface area contributed by atoms with E-state index in [2.05, 4.69) is 5.32 Å². The van der Waals surface area contributed by atoms with Crippen LogP contribution < -0.4 is 15.4 Å². The van der Waals surface area contributed by atoms with Gasteiger partial charge < -0.3 is 15.0 Å². The minimum atomic E-state index is -4.77. The molecule has 1 saturated heterocycles. The van der Waals surface area contributed by atoms with E-state index in [1.54, 1.807) is 0 Å². The van der Waals surface area contributed by atoms with Gasteiger partial charge in [0.05, 0.1) is 7.11 Å². The Bertz CT molecular complexity index is 1180. The molecule has 2 aromatic rings. The lowest BCUT2D eigenvalue weighted by atomic mass is 10.0. The number of halogens is 3. The van der Waals surface area contributed by atoms with Crippen molar-refractivity contribution in [2.24, 2.45) is 0 Å². The number of rotatable bonds is 5. The second-order valence-electron chi connectivity index (χ2n) is 8.00. The highest BCUT2D eigenvalue weighted by Crippen LogP contribution is 2.35. The molecule has 0 aliphatic carbocycles. The van der Waals surface area contributed by atoms with Crippen LogP contribution in [0.2, 0.25) is 0 Å². The van der Waals surface area contributed by atoms with Crippen molar-refractivity contribution in [2.45, 2.75) is 37.6 Å². The van der Waals surface area contributed by atoms with E-state index in [0.717, 1.165) is 0 Å². The summed E-state index contributed by atoms with van der Waals surface area (Å²) in [6.45, 7) is 0.000146. The predicted molar refractivity (Wildman–Crippen MR) is 112 cm³/mol. The van der Waals surface area contributed by atoms with Crippen LogP contribution in [-0.4, -0.2) is 47.9 Å². The van der Waals surface area contributed by atoms with Crippen LogP contribution in [0.1, 0.15) is 50.7 Å². The lowest BCUT2D eigenvalue weighted by Gasteiger charge is -2.29. The number of amides is 4. The Kier molecular flexibility index (Phi) is 6.03. The molecule has 2 unspecified atom stereocenters. The fraction of sp³-hybridized carbons (Fsp3) is 0.304. The Labute approximate surface area is 192 Å². The molecule has 0 radical (unpaired) electrons. The molecule has 11 heteroatoms. The first-order valence-corrected chi connectivity index (χ1v) is 10.4. The van der Waals surface area contributed by atoms with Gasteiger partial charge in [-0.3, -0.25) is 24.5 Å². The smallest absolute Gasteiger partial charge is 0.412 e. The maximum absolute atomic E-state index is 13.7. The topological polar surface area (TPSA) is 105 Å². The van der Waals surface area contributed by atoms with Gasteiger partial charge in [-0.05, 0) is 47.9 Å². The Balaban J connectivity index is 1.55. The second kappa shape index (κ2) is 8.81. The number of nitrogens with one attached hydrogen (secondary N) is 2. The highest BCUT2D eigenvalue weighted by molar-refractivity contribution is 6.06. The van der Waals surface area contributed by atoms with Gasteiger partial charge in [-0.1, -0.05) is 12.1 Å². The summed E-state index contributed by atoms with van der Waals surface area (Å²) in [6.07, 6.45) is -4.50. The number of carbonyl (C=O) groups excluding carboxylic acids is 4. The van der Waals surface area contributed by atoms with Crippen LogP contribution in [0.4, 0.5) is 13.2 Å². The monoisotopic (exact) mass is 475 g/mol. The third-order valence-corrected chi connectivity index (χ3v) is 5.82. The van der Waals surface area contributed by atoms with Gasteiger partial charge >= 0.3 is 6.18 Å². The lowest BCUT2D eigenvalue weighted by molar-refractivity contribution is -0.155. The number of fused-ring (bicyclic) bond motifs is 1. The van der Waals surface area contributed by atoms with Crippen LogP contribution in [0.25, 0.3) is 0 Å². The standard InChI is InChI=1S/C23H20F3N3O5/c1-34-15-4-2-3-12(10-15)19(23(24,25)26)28-20(31)13-5-6-16-14(9-13)11-29(22(16)33)17-7-8-18(30)27-21(17)32/h2-6,9-10,17,19H,7-8,11H2,1H3,(H,28,31)(H,27,30,32).